The summed E-state index contributed by atoms with van der Waals surface area (Å²) < 4.78 is 5.48. The molecule has 1 saturated heterocycles. The van der Waals surface area contributed by atoms with Gasteiger partial charge >= 0.3 is 0 Å². The normalized spacial score (nSPS) is 23.7. The molecule has 1 aromatic heterocycles. The van der Waals surface area contributed by atoms with Crippen molar-refractivity contribution in [3.63, 3.8) is 0 Å². The fraction of sp³-hybridized carbons (Fsp3) is 0.458. The molecule has 1 aliphatic carbocycles. The summed E-state index contributed by atoms with van der Waals surface area (Å²) in [5.41, 5.74) is 1.51. The molecule has 1 amide bonds. The number of nitrogens with zero attached hydrogens (tertiary/aromatic N) is 3. The molecule has 0 bridgehead atoms. The minimum atomic E-state index is -0.785. The van der Waals surface area contributed by atoms with E-state index in [2.05, 4.69) is 20.4 Å². The largest absolute Gasteiger partial charge is 0.378 e. The lowest BCUT2D eigenvalue weighted by atomic mass is 9.91. The van der Waals surface area contributed by atoms with Gasteiger partial charge in [-0.15, -0.1) is 0 Å². The van der Waals surface area contributed by atoms with Crippen molar-refractivity contribution in [3.05, 3.63) is 42.0 Å². The lowest BCUT2D eigenvalue weighted by Gasteiger charge is -2.37. The van der Waals surface area contributed by atoms with Crippen LogP contribution in [0.1, 0.15) is 23.2 Å². The SMILES string of the molecule is O=C(NCCNC1CC1)C1C(=O)c2ccc(N3CCOCC3)nc2N2c3ccccc3SC12. The molecule has 0 radical (unpaired) electrons. The third kappa shape index (κ3) is 3.88. The van der Waals surface area contributed by atoms with Crippen LogP contribution in [0.2, 0.25) is 0 Å². The molecule has 4 aliphatic rings. The van der Waals surface area contributed by atoms with Crippen molar-refractivity contribution in [3.8, 4) is 0 Å². The number of pyridine rings is 1. The summed E-state index contributed by atoms with van der Waals surface area (Å²) in [7, 11) is 0. The summed E-state index contributed by atoms with van der Waals surface area (Å²) >= 11 is 1.57. The fourth-order valence-corrected chi connectivity index (χ4v) is 6.12. The molecule has 33 heavy (non-hydrogen) atoms. The summed E-state index contributed by atoms with van der Waals surface area (Å²) in [6.07, 6.45) is 2.41. The minimum absolute atomic E-state index is 0.153. The maximum Gasteiger partial charge on any atom is 0.234 e. The number of fused-ring (bicyclic) bond motifs is 5. The molecular weight excluding hydrogens is 438 g/mol. The molecule has 1 aromatic carbocycles. The zero-order chi connectivity index (χ0) is 22.4. The Hall–Kier alpha value is -2.62. The minimum Gasteiger partial charge on any atom is -0.378 e. The van der Waals surface area contributed by atoms with Crippen LogP contribution in [0.25, 0.3) is 0 Å². The van der Waals surface area contributed by atoms with E-state index in [0.29, 0.717) is 37.2 Å². The average Bonchev–Trinajstić information content (AvgIpc) is 3.60. The van der Waals surface area contributed by atoms with E-state index in [1.807, 2.05) is 36.4 Å². The van der Waals surface area contributed by atoms with Gasteiger partial charge < -0.3 is 25.2 Å². The Balaban J connectivity index is 1.32. The van der Waals surface area contributed by atoms with Crippen molar-refractivity contribution in [2.75, 3.05) is 49.2 Å². The quantitative estimate of drug-likeness (QED) is 0.496. The Morgan fingerprint density at radius 3 is 2.76 bits per heavy atom. The van der Waals surface area contributed by atoms with Crippen LogP contribution < -0.4 is 20.4 Å². The van der Waals surface area contributed by atoms with Gasteiger partial charge in [0.1, 0.15) is 22.9 Å². The second kappa shape index (κ2) is 8.62. The molecule has 2 aromatic rings. The van der Waals surface area contributed by atoms with Gasteiger partial charge in [0.2, 0.25) is 5.91 Å². The lowest BCUT2D eigenvalue weighted by molar-refractivity contribution is -0.123. The highest BCUT2D eigenvalue weighted by Gasteiger charge is 2.50. The van der Waals surface area contributed by atoms with Gasteiger partial charge in [0.15, 0.2) is 5.78 Å². The van der Waals surface area contributed by atoms with Crippen molar-refractivity contribution in [2.45, 2.75) is 29.2 Å². The van der Waals surface area contributed by atoms with Crippen LogP contribution in [-0.2, 0) is 9.53 Å². The predicted molar refractivity (Wildman–Crippen MR) is 127 cm³/mol. The number of Topliss-reactive ketones (excluding diaryl/α,β-unsaturated/α-hetero) is 1. The van der Waals surface area contributed by atoms with Crippen LogP contribution in [0.15, 0.2) is 41.3 Å². The Labute approximate surface area is 197 Å². The van der Waals surface area contributed by atoms with Gasteiger partial charge in [-0.1, -0.05) is 23.9 Å². The molecule has 0 spiro atoms. The van der Waals surface area contributed by atoms with Crippen LogP contribution in [0, 0.1) is 5.92 Å². The topological polar surface area (TPSA) is 86.8 Å². The number of morpholine rings is 1. The number of carbonyl (C=O) groups excluding carboxylic acids is 2. The number of aromatic nitrogens is 1. The van der Waals surface area contributed by atoms with E-state index in [4.69, 9.17) is 9.72 Å². The van der Waals surface area contributed by atoms with E-state index in [1.54, 1.807) is 11.8 Å². The molecule has 1 saturated carbocycles. The molecule has 2 N–H and O–H groups in total. The van der Waals surface area contributed by atoms with Crippen molar-refractivity contribution in [1.82, 2.24) is 15.6 Å². The second-order valence-corrected chi connectivity index (χ2v) is 10.0. The summed E-state index contributed by atoms with van der Waals surface area (Å²) in [5, 5.41) is 6.05. The average molecular weight is 466 g/mol. The molecule has 172 valence electrons. The number of rotatable bonds is 6. The van der Waals surface area contributed by atoms with Crippen molar-refractivity contribution >= 4 is 40.8 Å². The van der Waals surface area contributed by atoms with E-state index in [-0.39, 0.29) is 17.1 Å². The number of amides is 1. The van der Waals surface area contributed by atoms with Gasteiger partial charge in [0.25, 0.3) is 0 Å². The van der Waals surface area contributed by atoms with Gasteiger partial charge in [-0.3, -0.25) is 9.59 Å². The first-order valence-corrected chi connectivity index (χ1v) is 12.5. The summed E-state index contributed by atoms with van der Waals surface area (Å²) in [6, 6.07) is 12.4. The molecule has 3 aliphatic heterocycles. The van der Waals surface area contributed by atoms with Crippen LogP contribution in [-0.4, -0.2) is 67.5 Å². The summed E-state index contributed by atoms with van der Waals surface area (Å²) in [5.74, 6) is 0.334. The number of ketones is 1. The van der Waals surface area contributed by atoms with Crippen LogP contribution in [0.4, 0.5) is 17.3 Å². The van der Waals surface area contributed by atoms with E-state index in [9.17, 15) is 9.59 Å². The highest BCUT2D eigenvalue weighted by atomic mass is 32.2. The molecule has 6 rings (SSSR count). The number of benzene rings is 1. The molecule has 2 unspecified atom stereocenters. The Morgan fingerprint density at radius 2 is 1.94 bits per heavy atom. The van der Waals surface area contributed by atoms with Crippen molar-refractivity contribution < 1.29 is 14.3 Å². The number of anilines is 3. The van der Waals surface area contributed by atoms with E-state index < -0.39 is 5.92 Å². The molecule has 8 nitrogen and oxygen atoms in total. The van der Waals surface area contributed by atoms with Crippen LogP contribution in [0.3, 0.4) is 0 Å². The second-order valence-electron chi connectivity index (χ2n) is 8.85. The smallest absolute Gasteiger partial charge is 0.234 e. The number of hydrogen-bond acceptors (Lipinski definition) is 8. The molecular formula is C24H27N5O3S. The Kier molecular flexibility index (Phi) is 5.48. The maximum absolute atomic E-state index is 13.6. The van der Waals surface area contributed by atoms with Gasteiger partial charge in [0, 0.05) is 37.1 Å². The van der Waals surface area contributed by atoms with Crippen molar-refractivity contribution in [2.24, 2.45) is 5.92 Å². The first kappa shape index (κ1) is 20.9. The fourth-order valence-electron chi connectivity index (χ4n) is 4.72. The Morgan fingerprint density at radius 1 is 1.12 bits per heavy atom. The van der Waals surface area contributed by atoms with Gasteiger partial charge in [0.05, 0.1) is 24.5 Å². The van der Waals surface area contributed by atoms with Gasteiger partial charge in [-0.2, -0.15) is 0 Å². The van der Waals surface area contributed by atoms with E-state index >= 15 is 0 Å². The first-order chi connectivity index (χ1) is 16.2. The third-order valence-corrected chi connectivity index (χ3v) is 7.92. The number of carbonyl (C=O) groups is 2. The maximum atomic E-state index is 13.6. The number of ether oxygens (including phenoxy) is 1. The predicted octanol–water partition coefficient (Wildman–Crippen LogP) is 2.17. The van der Waals surface area contributed by atoms with Crippen LogP contribution in [0.5, 0.6) is 0 Å². The van der Waals surface area contributed by atoms with Crippen molar-refractivity contribution in [1.29, 1.82) is 0 Å². The first-order valence-electron chi connectivity index (χ1n) is 11.6. The zero-order valence-electron chi connectivity index (χ0n) is 18.3. The van der Waals surface area contributed by atoms with Gasteiger partial charge in [-0.05, 0) is 37.1 Å². The number of nitrogens with one attached hydrogen (secondary N) is 2. The lowest BCUT2D eigenvalue weighted by Crippen LogP contribution is -2.50. The molecule has 2 atom stereocenters. The number of thioether (sulfide) groups is 1. The monoisotopic (exact) mass is 465 g/mol. The standard InChI is InChI=1S/C24H27N5O3S/c30-21-16-7-8-19(28-11-13-32-14-12-28)27-22(16)29-17-3-1-2-4-18(17)33-24(29)20(21)23(31)26-10-9-25-15-5-6-15/h1-4,7-8,15,20,24-25H,5-6,9-14H2,(H,26,31). The molecule has 4 heterocycles. The highest BCUT2D eigenvalue weighted by molar-refractivity contribution is 8.00. The van der Waals surface area contributed by atoms with E-state index in [0.717, 1.165) is 36.0 Å². The van der Waals surface area contributed by atoms with E-state index in [1.165, 1.54) is 12.8 Å². The molecule has 2 fully saturated rings. The zero-order valence-corrected chi connectivity index (χ0v) is 19.1. The molecule has 9 heteroatoms. The number of hydrogen-bond donors (Lipinski definition) is 2. The highest BCUT2D eigenvalue weighted by Crippen LogP contribution is 2.53. The van der Waals surface area contributed by atoms with Crippen LogP contribution >= 0.6 is 11.8 Å². The summed E-state index contributed by atoms with van der Waals surface area (Å²) in [4.78, 5) is 37.1. The number of para-hydroxylation sites is 1. The Bertz CT molecular complexity index is 1090. The summed E-state index contributed by atoms with van der Waals surface area (Å²) in [6.45, 7) is 4.12. The third-order valence-electron chi connectivity index (χ3n) is 6.60. The van der Waals surface area contributed by atoms with Gasteiger partial charge in [-0.25, -0.2) is 4.98 Å².